The first kappa shape index (κ1) is 18.9. The van der Waals surface area contributed by atoms with Gasteiger partial charge in [0.05, 0.1) is 6.42 Å². The van der Waals surface area contributed by atoms with Crippen molar-refractivity contribution in [2.24, 2.45) is 0 Å². The van der Waals surface area contributed by atoms with Crippen LogP contribution in [0.3, 0.4) is 0 Å². The van der Waals surface area contributed by atoms with Crippen LogP contribution in [0.25, 0.3) is 0 Å². The Bertz CT molecular complexity index is 1030. The zero-order chi connectivity index (χ0) is 19.4. The molecule has 27 heavy (non-hydrogen) atoms. The molecule has 0 saturated heterocycles. The van der Waals surface area contributed by atoms with Crippen LogP contribution >= 0.6 is 27.3 Å². The van der Waals surface area contributed by atoms with Crippen LogP contribution in [0, 0.1) is 24.1 Å². The zero-order valence-electron chi connectivity index (χ0n) is 14.0. The summed E-state index contributed by atoms with van der Waals surface area (Å²) in [6.07, 6.45) is 1.44. The van der Waals surface area contributed by atoms with Crippen molar-refractivity contribution in [2.75, 3.05) is 5.32 Å². The molecule has 0 fully saturated rings. The summed E-state index contributed by atoms with van der Waals surface area (Å²) in [5.74, 6) is -1.01. The molecule has 136 valence electrons. The van der Waals surface area contributed by atoms with E-state index in [-0.39, 0.29) is 29.5 Å². The fraction of sp³-hybridized carbons (Fsp3) is 0.111. The Morgan fingerprint density at radius 1 is 1.44 bits per heavy atom. The minimum atomic E-state index is -0.650. The first-order valence-electron chi connectivity index (χ1n) is 7.70. The maximum atomic E-state index is 14.3. The average molecular weight is 447 g/mol. The predicted octanol–water partition coefficient (Wildman–Crippen LogP) is 4.59. The number of nitriles is 1. The van der Waals surface area contributed by atoms with E-state index < -0.39 is 5.82 Å². The smallest absolute Gasteiger partial charge is 0.237 e. The lowest BCUT2D eigenvalue weighted by Gasteiger charge is -2.08. The van der Waals surface area contributed by atoms with E-state index >= 15 is 0 Å². The van der Waals surface area contributed by atoms with Crippen LogP contribution in [-0.4, -0.2) is 15.9 Å². The summed E-state index contributed by atoms with van der Waals surface area (Å²) in [4.78, 5) is 21.2. The van der Waals surface area contributed by atoms with Crippen molar-refractivity contribution < 1.29 is 13.9 Å². The van der Waals surface area contributed by atoms with Crippen molar-refractivity contribution in [1.29, 1.82) is 5.26 Å². The molecule has 0 radical (unpaired) electrons. The van der Waals surface area contributed by atoms with Gasteiger partial charge in [-0.2, -0.15) is 5.26 Å². The molecule has 0 aliphatic heterocycles. The van der Waals surface area contributed by atoms with Gasteiger partial charge in [0.25, 0.3) is 0 Å². The van der Waals surface area contributed by atoms with Gasteiger partial charge in [-0.05, 0) is 52.7 Å². The number of carbonyl (C=O) groups is 1. The number of anilines is 1. The van der Waals surface area contributed by atoms with E-state index in [1.54, 1.807) is 12.1 Å². The summed E-state index contributed by atoms with van der Waals surface area (Å²) in [5.41, 5.74) is 0.677. The quantitative estimate of drug-likeness (QED) is 0.618. The number of ether oxygens (including phenoxy) is 1. The normalized spacial score (nSPS) is 10.3. The number of aryl methyl sites for hydroxylation is 1. The summed E-state index contributed by atoms with van der Waals surface area (Å²) in [6, 6.07) is 9.24. The molecule has 0 unspecified atom stereocenters. The Morgan fingerprint density at radius 2 is 2.26 bits per heavy atom. The van der Waals surface area contributed by atoms with Gasteiger partial charge in [-0.3, -0.25) is 4.79 Å². The highest BCUT2D eigenvalue weighted by Gasteiger charge is 2.13. The van der Waals surface area contributed by atoms with Crippen molar-refractivity contribution >= 4 is 38.3 Å². The van der Waals surface area contributed by atoms with Gasteiger partial charge in [0.2, 0.25) is 11.8 Å². The van der Waals surface area contributed by atoms with E-state index in [4.69, 9.17) is 10.00 Å². The first-order valence-corrected chi connectivity index (χ1v) is 9.31. The van der Waals surface area contributed by atoms with Gasteiger partial charge in [0, 0.05) is 11.1 Å². The van der Waals surface area contributed by atoms with Crippen LogP contribution in [-0.2, 0) is 11.2 Å². The number of halogens is 2. The van der Waals surface area contributed by atoms with Crippen molar-refractivity contribution in [2.45, 2.75) is 13.3 Å². The number of nitrogens with one attached hydrogen (secondary N) is 1. The molecule has 0 aliphatic rings. The van der Waals surface area contributed by atoms with Gasteiger partial charge >= 0.3 is 0 Å². The second kappa shape index (κ2) is 8.24. The lowest BCUT2D eigenvalue weighted by molar-refractivity contribution is -0.115. The molecule has 3 rings (SSSR count). The monoisotopic (exact) mass is 446 g/mol. The van der Waals surface area contributed by atoms with Crippen LogP contribution in [0.1, 0.15) is 16.0 Å². The lowest BCUT2D eigenvalue weighted by atomic mass is 10.1. The molecular formula is C18H12BrFN4O2S. The molecule has 0 saturated carbocycles. The number of carbonyl (C=O) groups excluding carboxylic acids is 1. The molecule has 0 bridgehead atoms. The van der Waals surface area contributed by atoms with Crippen LogP contribution in [0.15, 0.2) is 41.1 Å². The van der Waals surface area contributed by atoms with Crippen LogP contribution < -0.4 is 10.1 Å². The third-order valence-electron chi connectivity index (χ3n) is 3.45. The Balaban J connectivity index is 1.69. The van der Waals surface area contributed by atoms with Gasteiger partial charge in [0.1, 0.15) is 16.2 Å². The van der Waals surface area contributed by atoms with E-state index in [9.17, 15) is 9.18 Å². The number of benzene rings is 1. The predicted molar refractivity (Wildman–Crippen MR) is 102 cm³/mol. The summed E-state index contributed by atoms with van der Waals surface area (Å²) in [6.45, 7) is 1.88. The molecule has 0 atom stereocenters. The molecule has 2 heterocycles. The number of aromatic nitrogens is 2. The highest BCUT2D eigenvalue weighted by atomic mass is 79.9. The summed E-state index contributed by atoms with van der Waals surface area (Å²) in [5, 5.41) is 12.2. The van der Waals surface area contributed by atoms with Crippen molar-refractivity contribution in [1.82, 2.24) is 9.97 Å². The number of pyridine rings is 1. The topological polar surface area (TPSA) is 87.9 Å². The van der Waals surface area contributed by atoms with Crippen molar-refractivity contribution in [3.8, 4) is 17.7 Å². The lowest BCUT2D eigenvalue weighted by Crippen LogP contribution is -2.14. The first-order chi connectivity index (χ1) is 13.0. The SMILES string of the molecule is Cc1sc(NC(=O)Cc2ccc(Oc3ncccc3C#N)c(F)c2)nc1Br. The molecule has 1 aromatic carbocycles. The zero-order valence-corrected chi connectivity index (χ0v) is 16.4. The van der Waals surface area contributed by atoms with Crippen LogP contribution in [0.5, 0.6) is 11.6 Å². The Hall–Kier alpha value is -2.83. The number of hydrogen-bond acceptors (Lipinski definition) is 6. The Kier molecular flexibility index (Phi) is 5.78. The summed E-state index contributed by atoms with van der Waals surface area (Å²) < 4.78 is 20.4. The molecule has 6 nitrogen and oxygen atoms in total. The maximum absolute atomic E-state index is 14.3. The second-order valence-electron chi connectivity index (χ2n) is 5.43. The van der Waals surface area contributed by atoms with E-state index in [0.717, 1.165) is 4.88 Å². The summed E-state index contributed by atoms with van der Waals surface area (Å²) >= 11 is 4.63. The molecule has 1 amide bonds. The van der Waals surface area contributed by atoms with Gasteiger partial charge in [-0.15, -0.1) is 11.3 Å². The minimum absolute atomic E-state index is 0.0134. The third kappa shape index (κ3) is 4.67. The van der Waals surface area contributed by atoms with Gasteiger partial charge in [0.15, 0.2) is 16.7 Å². The van der Waals surface area contributed by atoms with E-state index in [0.29, 0.717) is 15.3 Å². The highest BCUT2D eigenvalue weighted by molar-refractivity contribution is 9.10. The number of thiazole rings is 1. The molecule has 0 aliphatic carbocycles. The van der Waals surface area contributed by atoms with E-state index in [2.05, 4.69) is 31.2 Å². The minimum Gasteiger partial charge on any atom is -0.435 e. The molecule has 2 aromatic heterocycles. The summed E-state index contributed by atoms with van der Waals surface area (Å²) in [7, 11) is 0. The number of amides is 1. The van der Waals surface area contributed by atoms with Crippen LogP contribution in [0.4, 0.5) is 9.52 Å². The molecule has 0 spiro atoms. The molecule has 1 N–H and O–H groups in total. The van der Waals surface area contributed by atoms with Crippen molar-refractivity contribution in [3.05, 3.63) is 63.0 Å². The maximum Gasteiger partial charge on any atom is 0.237 e. The fourth-order valence-electron chi connectivity index (χ4n) is 2.18. The number of hydrogen-bond donors (Lipinski definition) is 1. The van der Waals surface area contributed by atoms with Gasteiger partial charge in [-0.1, -0.05) is 6.07 Å². The van der Waals surface area contributed by atoms with E-state index in [1.807, 2.05) is 13.0 Å². The Morgan fingerprint density at radius 3 is 2.93 bits per heavy atom. The van der Waals surface area contributed by atoms with Gasteiger partial charge in [-0.25, -0.2) is 14.4 Å². The third-order valence-corrected chi connectivity index (χ3v) is 5.37. The standard InChI is InChI=1S/C18H12BrFN4O2S/c1-10-16(19)24-18(27-10)23-15(25)8-11-4-5-14(13(20)7-11)26-17-12(9-21)3-2-6-22-17/h2-7H,8H2,1H3,(H,23,24,25). The van der Waals surface area contributed by atoms with Crippen molar-refractivity contribution in [3.63, 3.8) is 0 Å². The van der Waals surface area contributed by atoms with Gasteiger partial charge < -0.3 is 10.1 Å². The average Bonchev–Trinajstić information content (AvgIpc) is 2.94. The largest absolute Gasteiger partial charge is 0.435 e. The number of nitrogens with zero attached hydrogens (tertiary/aromatic N) is 3. The molecular weight excluding hydrogens is 435 g/mol. The second-order valence-corrected chi connectivity index (χ2v) is 7.38. The highest BCUT2D eigenvalue weighted by Crippen LogP contribution is 2.27. The van der Waals surface area contributed by atoms with E-state index in [1.165, 1.54) is 35.7 Å². The molecule has 9 heteroatoms. The molecule has 3 aromatic rings. The fourth-order valence-corrected chi connectivity index (χ4v) is 3.44. The van der Waals surface area contributed by atoms with Crippen LogP contribution in [0.2, 0.25) is 0 Å². The Labute approximate surface area is 166 Å². The number of rotatable bonds is 5.